The Kier molecular flexibility index (Phi) is 4.30. The van der Waals surface area contributed by atoms with Crippen molar-refractivity contribution in [3.05, 3.63) is 51.3 Å². The normalized spacial score (nSPS) is 12.4. The molecule has 0 aliphatic carbocycles. The molecule has 0 fully saturated rings. The molecule has 0 radical (unpaired) electrons. The Labute approximate surface area is 142 Å². The van der Waals surface area contributed by atoms with Crippen molar-refractivity contribution in [2.24, 2.45) is 14.1 Å². The van der Waals surface area contributed by atoms with Crippen LogP contribution in [0.4, 0.5) is 0 Å². The molecule has 25 heavy (non-hydrogen) atoms. The Morgan fingerprint density at radius 1 is 1.32 bits per heavy atom. The summed E-state index contributed by atoms with van der Waals surface area (Å²) in [5, 5.41) is 2.83. The summed E-state index contributed by atoms with van der Waals surface area (Å²) in [4.78, 5) is 40.5. The molecule has 0 saturated heterocycles. The van der Waals surface area contributed by atoms with Crippen LogP contribution in [0, 0.1) is 0 Å². The first-order valence-electron chi connectivity index (χ1n) is 7.83. The number of nitrogens with zero attached hydrogens (tertiary/aromatic N) is 4. The molecule has 9 nitrogen and oxygen atoms in total. The van der Waals surface area contributed by atoms with E-state index in [0.29, 0.717) is 16.9 Å². The van der Waals surface area contributed by atoms with Crippen molar-refractivity contribution in [1.29, 1.82) is 0 Å². The molecule has 0 aliphatic rings. The Hall–Kier alpha value is -3.10. The number of aromatic nitrogens is 4. The van der Waals surface area contributed by atoms with Gasteiger partial charge in [-0.05, 0) is 19.1 Å². The molecule has 1 amide bonds. The highest BCUT2D eigenvalue weighted by Crippen LogP contribution is 2.12. The largest absolute Gasteiger partial charge is 0.467 e. The van der Waals surface area contributed by atoms with Gasteiger partial charge >= 0.3 is 5.69 Å². The summed E-state index contributed by atoms with van der Waals surface area (Å²) in [5.74, 6) is 0.498. The van der Waals surface area contributed by atoms with Gasteiger partial charge < -0.3 is 14.3 Å². The molecule has 9 heteroatoms. The zero-order valence-electron chi connectivity index (χ0n) is 14.2. The Bertz CT molecular complexity index is 1030. The third-order valence-corrected chi connectivity index (χ3v) is 4.14. The average Bonchev–Trinajstić information content (AvgIpc) is 3.25. The summed E-state index contributed by atoms with van der Waals surface area (Å²) in [5.41, 5.74) is -0.262. The van der Waals surface area contributed by atoms with Crippen LogP contribution in [0.25, 0.3) is 11.2 Å². The van der Waals surface area contributed by atoms with Crippen molar-refractivity contribution in [3.63, 3.8) is 0 Å². The Morgan fingerprint density at radius 2 is 2.08 bits per heavy atom. The fourth-order valence-corrected chi connectivity index (χ4v) is 2.71. The van der Waals surface area contributed by atoms with Crippen LogP contribution in [0.3, 0.4) is 0 Å². The number of amides is 1. The lowest BCUT2D eigenvalue weighted by molar-refractivity contribution is -0.122. The molecule has 0 unspecified atom stereocenters. The number of imidazole rings is 1. The van der Waals surface area contributed by atoms with E-state index in [4.69, 9.17) is 4.42 Å². The molecule has 3 aromatic heterocycles. The van der Waals surface area contributed by atoms with Crippen molar-refractivity contribution in [2.45, 2.75) is 25.9 Å². The molecular weight excluding hydrogens is 326 g/mol. The molecule has 132 valence electrons. The molecule has 3 aromatic rings. The highest BCUT2D eigenvalue weighted by atomic mass is 16.3. The van der Waals surface area contributed by atoms with Gasteiger partial charge in [0.1, 0.15) is 5.76 Å². The molecule has 3 rings (SSSR count). The molecule has 0 saturated carbocycles. The first-order valence-corrected chi connectivity index (χ1v) is 7.83. The minimum absolute atomic E-state index is 0.169. The molecule has 0 bridgehead atoms. The maximum atomic E-state index is 12.3. The van der Waals surface area contributed by atoms with E-state index in [9.17, 15) is 14.4 Å². The van der Waals surface area contributed by atoms with Crippen LogP contribution in [-0.4, -0.2) is 24.6 Å². The number of nitrogens with one attached hydrogen (secondary N) is 1. The van der Waals surface area contributed by atoms with E-state index in [1.807, 2.05) is 6.92 Å². The maximum Gasteiger partial charge on any atom is 0.332 e. The topological polar surface area (TPSA) is 104 Å². The van der Waals surface area contributed by atoms with Crippen LogP contribution < -0.4 is 16.6 Å². The van der Waals surface area contributed by atoms with E-state index in [1.165, 1.54) is 17.9 Å². The predicted octanol–water partition coefficient (Wildman–Crippen LogP) is 0.294. The maximum absolute atomic E-state index is 12.3. The molecule has 0 aliphatic heterocycles. The zero-order chi connectivity index (χ0) is 18.1. The Morgan fingerprint density at radius 3 is 2.76 bits per heavy atom. The van der Waals surface area contributed by atoms with Gasteiger partial charge in [0.05, 0.1) is 18.6 Å². The van der Waals surface area contributed by atoms with Crippen molar-refractivity contribution < 1.29 is 9.21 Å². The van der Waals surface area contributed by atoms with Gasteiger partial charge in [0.25, 0.3) is 5.56 Å². The first-order chi connectivity index (χ1) is 11.9. The fraction of sp³-hybridized carbons (Fsp3) is 0.375. The lowest BCUT2D eigenvalue weighted by Crippen LogP contribution is -2.37. The second-order valence-electron chi connectivity index (χ2n) is 5.87. The number of fused-ring (bicyclic) bond motifs is 1. The van der Waals surface area contributed by atoms with Crippen LogP contribution in [0.2, 0.25) is 0 Å². The number of hydrogen-bond acceptors (Lipinski definition) is 5. The number of carbonyl (C=O) groups excluding carboxylic acids is 1. The third-order valence-electron chi connectivity index (χ3n) is 4.14. The summed E-state index contributed by atoms with van der Waals surface area (Å²) >= 11 is 0. The number of carbonyl (C=O) groups is 1. The average molecular weight is 345 g/mol. The summed E-state index contributed by atoms with van der Waals surface area (Å²) in [7, 11) is 2.97. The highest BCUT2D eigenvalue weighted by Gasteiger charge is 2.16. The van der Waals surface area contributed by atoms with E-state index < -0.39 is 11.2 Å². The number of furan rings is 1. The lowest BCUT2D eigenvalue weighted by Gasteiger charge is -2.12. The first kappa shape index (κ1) is 16.7. The molecule has 1 N–H and O–H groups in total. The molecule has 0 spiro atoms. The van der Waals surface area contributed by atoms with Gasteiger partial charge in [-0.15, -0.1) is 0 Å². The summed E-state index contributed by atoms with van der Waals surface area (Å²) in [6, 6.07) is 3.31. The lowest BCUT2D eigenvalue weighted by atomic mass is 10.2. The van der Waals surface area contributed by atoms with Crippen molar-refractivity contribution in [3.8, 4) is 0 Å². The monoisotopic (exact) mass is 345 g/mol. The van der Waals surface area contributed by atoms with Gasteiger partial charge in [-0.2, -0.15) is 0 Å². The minimum Gasteiger partial charge on any atom is -0.467 e. The van der Waals surface area contributed by atoms with Crippen molar-refractivity contribution >= 4 is 17.1 Å². The van der Waals surface area contributed by atoms with Gasteiger partial charge in [0, 0.05) is 27.1 Å². The SMILES string of the molecule is C[C@@H](NC(=O)CCn1cnc2c1c(=O)n(C)c(=O)n2C)c1ccco1. The van der Waals surface area contributed by atoms with Crippen LogP contribution >= 0.6 is 0 Å². The van der Waals surface area contributed by atoms with Crippen LogP contribution in [0.1, 0.15) is 25.1 Å². The van der Waals surface area contributed by atoms with E-state index >= 15 is 0 Å². The second kappa shape index (κ2) is 6.42. The van der Waals surface area contributed by atoms with E-state index in [-0.39, 0.29) is 24.9 Å². The van der Waals surface area contributed by atoms with E-state index in [0.717, 1.165) is 4.57 Å². The molecular formula is C16H19N5O4. The van der Waals surface area contributed by atoms with Crippen molar-refractivity contribution in [1.82, 2.24) is 24.0 Å². The molecule has 1 atom stereocenters. The van der Waals surface area contributed by atoms with Crippen LogP contribution in [-0.2, 0) is 25.4 Å². The van der Waals surface area contributed by atoms with Gasteiger partial charge in [-0.1, -0.05) is 0 Å². The highest BCUT2D eigenvalue weighted by molar-refractivity contribution is 5.76. The Balaban J connectivity index is 1.77. The summed E-state index contributed by atoms with van der Waals surface area (Å²) < 4.78 is 9.18. The fourth-order valence-electron chi connectivity index (χ4n) is 2.71. The standard InChI is InChI=1S/C16H19N5O4/c1-10(11-5-4-8-25-11)18-12(22)6-7-21-9-17-14-13(21)15(23)20(3)16(24)19(14)2/h4-5,8-10H,6-7H2,1-3H3,(H,18,22)/t10-/m1/s1. The quantitative estimate of drug-likeness (QED) is 0.716. The van der Waals surface area contributed by atoms with Crippen LogP contribution in [0.5, 0.6) is 0 Å². The van der Waals surface area contributed by atoms with E-state index in [1.54, 1.807) is 30.0 Å². The molecule has 3 heterocycles. The van der Waals surface area contributed by atoms with Gasteiger partial charge in [-0.25, -0.2) is 9.78 Å². The smallest absolute Gasteiger partial charge is 0.332 e. The van der Waals surface area contributed by atoms with Crippen molar-refractivity contribution in [2.75, 3.05) is 0 Å². The number of aryl methyl sites for hydroxylation is 2. The summed E-state index contributed by atoms with van der Waals surface area (Å²) in [6.45, 7) is 2.11. The third kappa shape index (κ3) is 3.00. The predicted molar refractivity (Wildman–Crippen MR) is 90.1 cm³/mol. The minimum atomic E-state index is -0.437. The summed E-state index contributed by atoms with van der Waals surface area (Å²) in [6.07, 6.45) is 3.19. The van der Waals surface area contributed by atoms with E-state index in [2.05, 4.69) is 10.3 Å². The van der Waals surface area contributed by atoms with Gasteiger partial charge in [0.2, 0.25) is 5.91 Å². The number of hydrogen-bond donors (Lipinski definition) is 1. The molecule has 0 aromatic carbocycles. The van der Waals surface area contributed by atoms with Gasteiger partial charge in [0.15, 0.2) is 11.2 Å². The number of rotatable bonds is 5. The zero-order valence-corrected chi connectivity index (χ0v) is 14.2. The van der Waals surface area contributed by atoms with Crippen LogP contribution in [0.15, 0.2) is 38.7 Å². The van der Waals surface area contributed by atoms with Gasteiger partial charge in [-0.3, -0.25) is 18.7 Å². The second-order valence-corrected chi connectivity index (χ2v) is 5.87.